The SMILES string of the molecule is OCc1ccc(CN2CCO[C@@H](c3ccc(OC(F)F)cc3)C2)cc1. The van der Waals surface area contributed by atoms with Gasteiger partial charge in [0.05, 0.1) is 19.3 Å². The summed E-state index contributed by atoms with van der Waals surface area (Å²) >= 11 is 0. The first-order valence-electron chi connectivity index (χ1n) is 8.21. The number of morpholine rings is 1. The topological polar surface area (TPSA) is 41.9 Å². The van der Waals surface area contributed by atoms with Gasteiger partial charge in [-0.1, -0.05) is 36.4 Å². The Morgan fingerprint density at radius 3 is 2.40 bits per heavy atom. The van der Waals surface area contributed by atoms with Crippen LogP contribution < -0.4 is 4.74 Å². The first-order valence-corrected chi connectivity index (χ1v) is 8.21. The zero-order chi connectivity index (χ0) is 17.6. The number of hydrogen-bond donors (Lipinski definition) is 1. The van der Waals surface area contributed by atoms with Gasteiger partial charge in [0.2, 0.25) is 0 Å². The van der Waals surface area contributed by atoms with Gasteiger partial charge in [0.15, 0.2) is 0 Å². The van der Waals surface area contributed by atoms with Gasteiger partial charge in [0, 0.05) is 19.6 Å². The number of rotatable bonds is 6. The van der Waals surface area contributed by atoms with Crippen molar-refractivity contribution >= 4 is 0 Å². The largest absolute Gasteiger partial charge is 0.435 e. The van der Waals surface area contributed by atoms with Gasteiger partial charge in [-0.15, -0.1) is 0 Å². The summed E-state index contributed by atoms with van der Waals surface area (Å²) in [7, 11) is 0. The highest BCUT2D eigenvalue weighted by Gasteiger charge is 2.22. The second kappa shape index (κ2) is 8.38. The fourth-order valence-electron chi connectivity index (χ4n) is 2.92. The molecule has 2 aromatic carbocycles. The van der Waals surface area contributed by atoms with Crippen LogP contribution in [0.15, 0.2) is 48.5 Å². The van der Waals surface area contributed by atoms with Gasteiger partial charge in [-0.2, -0.15) is 8.78 Å². The molecule has 0 radical (unpaired) electrons. The Hall–Kier alpha value is -2.02. The van der Waals surface area contributed by atoms with Crippen molar-refractivity contribution in [3.05, 3.63) is 65.2 Å². The third kappa shape index (κ3) is 4.98. The standard InChI is InChI=1S/C19H21F2NO3/c20-19(21)25-17-7-5-16(6-8-17)18-12-22(9-10-24-18)11-14-1-3-15(13-23)4-2-14/h1-8,18-19,23H,9-13H2/t18-/m1/s1. The Bertz CT molecular complexity index is 661. The van der Waals surface area contributed by atoms with Crippen LogP contribution in [-0.2, 0) is 17.9 Å². The molecule has 0 aromatic heterocycles. The highest BCUT2D eigenvalue weighted by Crippen LogP contribution is 2.25. The van der Waals surface area contributed by atoms with Crippen LogP contribution in [0.5, 0.6) is 5.75 Å². The maximum atomic E-state index is 12.2. The van der Waals surface area contributed by atoms with Crippen LogP contribution in [0.3, 0.4) is 0 Å². The maximum Gasteiger partial charge on any atom is 0.387 e. The van der Waals surface area contributed by atoms with Crippen LogP contribution in [0.4, 0.5) is 8.78 Å². The quantitative estimate of drug-likeness (QED) is 0.868. The van der Waals surface area contributed by atoms with E-state index in [1.54, 1.807) is 12.1 Å². The van der Waals surface area contributed by atoms with Gasteiger partial charge in [0.25, 0.3) is 0 Å². The zero-order valence-electron chi connectivity index (χ0n) is 13.8. The number of aliphatic hydroxyl groups excluding tert-OH is 1. The molecule has 0 aliphatic carbocycles. The Labute approximate surface area is 145 Å². The van der Waals surface area contributed by atoms with Crippen molar-refractivity contribution in [3.8, 4) is 5.75 Å². The second-order valence-electron chi connectivity index (χ2n) is 6.02. The Morgan fingerprint density at radius 2 is 1.76 bits per heavy atom. The minimum absolute atomic E-state index is 0.0468. The predicted octanol–water partition coefficient (Wildman–Crippen LogP) is 3.35. The van der Waals surface area contributed by atoms with E-state index in [0.29, 0.717) is 6.61 Å². The number of hydrogen-bond acceptors (Lipinski definition) is 4. The second-order valence-corrected chi connectivity index (χ2v) is 6.02. The van der Waals surface area contributed by atoms with Crippen molar-refractivity contribution in [1.29, 1.82) is 0 Å². The van der Waals surface area contributed by atoms with Crippen molar-refractivity contribution in [2.45, 2.75) is 25.9 Å². The predicted molar refractivity (Wildman–Crippen MR) is 89.4 cm³/mol. The zero-order valence-corrected chi connectivity index (χ0v) is 13.8. The van der Waals surface area contributed by atoms with Gasteiger partial charge in [-0.25, -0.2) is 0 Å². The lowest BCUT2D eigenvalue weighted by atomic mass is 10.1. The van der Waals surface area contributed by atoms with E-state index in [4.69, 9.17) is 9.84 Å². The molecule has 1 heterocycles. The highest BCUT2D eigenvalue weighted by molar-refractivity contribution is 5.29. The van der Waals surface area contributed by atoms with E-state index in [2.05, 4.69) is 9.64 Å². The van der Waals surface area contributed by atoms with Crippen molar-refractivity contribution in [3.63, 3.8) is 0 Å². The van der Waals surface area contributed by atoms with Gasteiger partial charge < -0.3 is 14.6 Å². The van der Waals surface area contributed by atoms with Crippen LogP contribution in [-0.4, -0.2) is 36.3 Å². The molecule has 25 heavy (non-hydrogen) atoms. The average Bonchev–Trinajstić information content (AvgIpc) is 2.63. The summed E-state index contributed by atoms with van der Waals surface area (Å²) in [5.41, 5.74) is 3.02. The van der Waals surface area contributed by atoms with E-state index < -0.39 is 6.61 Å². The lowest BCUT2D eigenvalue weighted by molar-refractivity contribution is -0.0500. The number of halogens is 2. The highest BCUT2D eigenvalue weighted by atomic mass is 19.3. The summed E-state index contributed by atoms with van der Waals surface area (Å²) in [6.45, 7) is 0.226. The molecule has 1 N–H and O–H groups in total. The van der Waals surface area contributed by atoms with E-state index in [1.807, 2.05) is 24.3 Å². The number of alkyl halides is 2. The van der Waals surface area contributed by atoms with Crippen LogP contribution in [0, 0.1) is 0 Å². The lowest BCUT2D eigenvalue weighted by Gasteiger charge is -2.33. The lowest BCUT2D eigenvalue weighted by Crippen LogP contribution is -2.37. The third-order valence-electron chi connectivity index (χ3n) is 4.24. The fraction of sp³-hybridized carbons (Fsp3) is 0.368. The molecule has 6 heteroatoms. The molecular weight excluding hydrogens is 328 g/mol. The summed E-state index contributed by atoms with van der Waals surface area (Å²) < 4.78 is 34.6. The maximum absolute atomic E-state index is 12.2. The minimum Gasteiger partial charge on any atom is -0.435 e. The smallest absolute Gasteiger partial charge is 0.387 e. The summed E-state index contributed by atoms with van der Waals surface area (Å²) in [6.07, 6.45) is -0.0916. The van der Waals surface area contributed by atoms with Gasteiger partial charge in [0.1, 0.15) is 5.75 Å². The summed E-state index contributed by atoms with van der Waals surface area (Å²) in [5.74, 6) is 0.149. The minimum atomic E-state index is -2.82. The first kappa shape index (κ1) is 17.8. The molecule has 1 saturated heterocycles. The molecule has 0 saturated carbocycles. The molecule has 0 unspecified atom stereocenters. The van der Waals surface area contributed by atoms with Gasteiger partial charge in [-0.3, -0.25) is 4.90 Å². The first-order chi connectivity index (χ1) is 12.1. The molecule has 0 bridgehead atoms. The molecule has 0 amide bonds. The van der Waals surface area contributed by atoms with E-state index in [0.717, 1.165) is 30.8 Å². The Morgan fingerprint density at radius 1 is 1.08 bits per heavy atom. The van der Waals surface area contributed by atoms with Crippen LogP contribution in [0.25, 0.3) is 0 Å². The Balaban J connectivity index is 1.60. The summed E-state index contributed by atoms with van der Waals surface area (Å²) in [6, 6.07) is 14.5. The molecule has 134 valence electrons. The van der Waals surface area contributed by atoms with E-state index in [9.17, 15) is 8.78 Å². The molecule has 1 aliphatic heterocycles. The number of ether oxygens (including phenoxy) is 2. The monoisotopic (exact) mass is 349 g/mol. The molecule has 1 atom stereocenters. The van der Waals surface area contributed by atoms with Crippen molar-refractivity contribution in [2.75, 3.05) is 19.7 Å². The van der Waals surface area contributed by atoms with Crippen molar-refractivity contribution in [1.82, 2.24) is 4.90 Å². The molecule has 3 rings (SSSR count). The third-order valence-corrected chi connectivity index (χ3v) is 4.24. The number of benzene rings is 2. The summed E-state index contributed by atoms with van der Waals surface area (Å²) in [5, 5.41) is 9.10. The van der Waals surface area contributed by atoms with E-state index in [-0.39, 0.29) is 18.5 Å². The number of aliphatic hydroxyl groups is 1. The van der Waals surface area contributed by atoms with E-state index in [1.165, 1.54) is 17.7 Å². The fourth-order valence-corrected chi connectivity index (χ4v) is 2.92. The molecule has 1 aliphatic rings. The average molecular weight is 349 g/mol. The van der Waals surface area contributed by atoms with E-state index >= 15 is 0 Å². The molecule has 2 aromatic rings. The molecule has 0 spiro atoms. The summed E-state index contributed by atoms with van der Waals surface area (Å²) in [4.78, 5) is 2.30. The number of nitrogens with zero attached hydrogens (tertiary/aromatic N) is 1. The normalized spacial score (nSPS) is 18.5. The van der Waals surface area contributed by atoms with Crippen molar-refractivity contribution < 1.29 is 23.4 Å². The Kier molecular flexibility index (Phi) is 5.96. The van der Waals surface area contributed by atoms with Crippen LogP contribution in [0.1, 0.15) is 22.8 Å². The molecular formula is C19H21F2NO3. The van der Waals surface area contributed by atoms with Crippen LogP contribution >= 0.6 is 0 Å². The van der Waals surface area contributed by atoms with Gasteiger partial charge >= 0.3 is 6.61 Å². The van der Waals surface area contributed by atoms with Crippen LogP contribution in [0.2, 0.25) is 0 Å². The van der Waals surface area contributed by atoms with Gasteiger partial charge in [-0.05, 0) is 28.8 Å². The molecule has 1 fully saturated rings. The van der Waals surface area contributed by atoms with Crippen molar-refractivity contribution in [2.24, 2.45) is 0 Å². The molecule has 4 nitrogen and oxygen atoms in total.